The van der Waals surface area contributed by atoms with Crippen LogP contribution in [0.1, 0.15) is 10.5 Å². The number of nitrogens with one attached hydrogen (secondary N) is 2. The Morgan fingerprint density at radius 3 is 2.50 bits per heavy atom. The van der Waals surface area contributed by atoms with E-state index in [1.807, 2.05) is 0 Å². The van der Waals surface area contributed by atoms with E-state index < -0.39 is 5.91 Å². The molecule has 2 aromatic rings. The zero-order chi connectivity index (χ0) is 13.0. The fourth-order valence-electron chi connectivity index (χ4n) is 1.16. The molecule has 0 saturated carbocycles. The van der Waals surface area contributed by atoms with Crippen molar-refractivity contribution in [3.63, 3.8) is 0 Å². The van der Waals surface area contributed by atoms with E-state index in [-0.39, 0.29) is 5.69 Å². The van der Waals surface area contributed by atoms with E-state index in [4.69, 9.17) is 17.4 Å². The molecule has 0 unspecified atom stereocenters. The van der Waals surface area contributed by atoms with Crippen molar-refractivity contribution < 1.29 is 4.79 Å². The van der Waals surface area contributed by atoms with E-state index >= 15 is 0 Å². The van der Waals surface area contributed by atoms with Crippen LogP contribution in [0.25, 0.3) is 0 Å². The summed E-state index contributed by atoms with van der Waals surface area (Å²) in [6.07, 6.45) is 1.43. The van der Waals surface area contributed by atoms with Gasteiger partial charge in [0.25, 0.3) is 5.91 Å². The highest BCUT2D eigenvalue weighted by Crippen LogP contribution is 2.10. The number of nitrogen functional groups attached to an aromatic ring is 1. The molecular formula is C10H9ClN6O. The monoisotopic (exact) mass is 264 g/mol. The number of anilines is 2. The molecule has 0 aliphatic heterocycles. The molecule has 0 spiro atoms. The SMILES string of the molecule is NNc1ccc(C(=O)Nc2ccc(Cl)cn2)nn1. The first-order chi connectivity index (χ1) is 8.69. The topological polar surface area (TPSA) is 106 Å². The molecular weight excluding hydrogens is 256 g/mol. The van der Waals surface area contributed by atoms with Crippen LogP contribution in [0.5, 0.6) is 0 Å². The van der Waals surface area contributed by atoms with Crippen molar-refractivity contribution in [2.24, 2.45) is 5.84 Å². The number of hydrogen-bond donors (Lipinski definition) is 3. The van der Waals surface area contributed by atoms with Crippen molar-refractivity contribution in [1.82, 2.24) is 15.2 Å². The molecule has 0 aliphatic rings. The van der Waals surface area contributed by atoms with Gasteiger partial charge >= 0.3 is 0 Å². The van der Waals surface area contributed by atoms with Crippen LogP contribution in [0.3, 0.4) is 0 Å². The lowest BCUT2D eigenvalue weighted by Crippen LogP contribution is -2.16. The summed E-state index contributed by atoms with van der Waals surface area (Å²) in [6, 6.07) is 6.24. The number of halogens is 1. The molecule has 8 heteroatoms. The first-order valence-corrected chi connectivity index (χ1v) is 5.30. The summed E-state index contributed by atoms with van der Waals surface area (Å²) in [6.45, 7) is 0. The summed E-state index contributed by atoms with van der Waals surface area (Å²) in [5.74, 6) is 5.48. The minimum absolute atomic E-state index is 0.158. The third kappa shape index (κ3) is 2.90. The normalized spacial score (nSPS) is 9.89. The van der Waals surface area contributed by atoms with Gasteiger partial charge in [-0.15, -0.1) is 10.2 Å². The predicted octanol–water partition coefficient (Wildman–Crippen LogP) is 1.06. The van der Waals surface area contributed by atoms with Crippen molar-refractivity contribution >= 4 is 29.1 Å². The molecule has 0 saturated heterocycles. The van der Waals surface area contributed by atoms with Crippen molar-refractivity contribution in [3.8, 4) is 0 Å². The number of nitrogens with two attached hydrogens (primary N) is 1. The van der Waals surface area contributed by atoms with E-state index in [1.165, 1.54) is 18.3 Å². The molecule has 0 fully saturated rings. The zero-order valence-corrected chi connectivity index (χ0v) is 9.85. The van der Waals surface area contributed by atoms with Crippen LogP contribution in [-0.4, -0.2) is 21.1 Å². The van der Waals surface area contributed by atoms with Crippen LogP contribution in [0.4, 0.5) is 11.6 Å². The lowest BCUT2D eigenvalue weighted by Gasteiger charge is -2.03. The summed E-state index contributed by atoms with van der Waals surface area (Å²) < 4.78 is 0. The number of amides is 1. The van der Waals surface area contributed by atoms with Gasteiger partial charge in [-0.3, -0.25) is 4.79 Å². The fraction of sp³-hybridized carbons (Fsp3) is 0. The van der Waals surface area contributed by atoms with E-state index in [2.05, 4.69) is 25.9 Å². The molecule has 1 amide bonds. The fourth-order valence-corrected chi connectivity index (χ4v) is 1.27. The Kier molecular flexibility index (Phi) is 3.66. The second-order valence-corrected chi connectivity index (χ2v) is 3.70. The van der Waals surface area contributed by atoms with Gasteiger partial charge in [0, 0.05) is 6.20 Å². The average molecular weight is 265 g/mol. The predicted molar refractivity (Wildman–Crippen MR) is 67.0 cm³/mol. The standard InChI is InChI=1S/C10H9ClN6O/c11-6-1-3-8(13-5-6)14-10(18)7-2-4-9(15-12)17-16-7/h1-5H,12H2,(H,15,17)(H,13,14,18). The number of rotatable bonds is 3. The largest absolute Gasteiger partial charge is 0.307 e. The number of carbonyl (C=O) groups excluding carboxylic acids is 1. The third-order valence-electron chi connectivity index (χ3n) is 2.01. The number of hydrazine groups is 1. The Balaban J connectivity index is 2.09. The summed E-state index contributed by atoms with van der Waals surface area (Å²) >= 11 is 5.68. The second kappa shape index (κ2) is 5.39. The van der Waals surface area contributed by atoms with Crippen LogP contribution >= 0.6 is 11.6 Å². The number of aromatic nitrogens is 3. The highest BCUT2D eigenvalue weighted by molar-refractivity contribution is 6.30. The Labute approximate surface area is 107 Å². The Hall–Kier alpha value is -2.25. The van der Waals surface area contributed by atoms with Crippen molar-refractivity contribution in [2.45, 2.75) is 0 Å². The van der Waals surface area contributed by atoms with E-state index in [1.54, 1.807) is 12.1 Å². The van der Waals surface area contributed by atoms with Gasteiger partial charge in [-0.25, -0.2) is 10.8 Å². The molecule has 0 atom stereocenters. The Bertz CT molecular complexity index is 541. The molecule has 18 heavy (non-hydrogen) atoms. The van der Waals surface area contributed by atoms with Gasteiger partial charge in [0.2, 0.25) is 0 Å². The minimum Gasteiger partial charge on any atom is -0.307 e. The van der Waals surface area contributed by atoms with Gasteiger partial charge in [0.1, 0.15) is 5.82 Å². The van der Waals surface area contributed by atoms with Crippen LogP contribution in [0.15, 0.2) is 30.5 Å². The van der Waals surface area contributed by atoms with Crippen molar-refractivity contribution in [1.29, 1.82) is 0 Å². The maximum Gasteiger partial charge on any atom is 0.277 e. The molecule has 0 aromatic carbocycles. The van der Waals surface area contributed by atoms with Crippen LogP contribution in [0.2, 0.25) is 5.02 Å². The number of hydrogen-bond acceptors (Lipinski definition) is 6. The summed E-state index contributed by atoms with van der Waals surface area (Å²) in [4.78, 5) is 15.7. The third-order valence-corrected chi connectivity index (χ3v) is 2.24. The highest BCUT2D eigenvalue weighted by atomic mass is 35.5. The molecule has 7 nitrogen and oxygen atoms in total. The molecule has 0 bridgehead atoms. The maximum atomic E-state index is 11.8. The van der Waals surface area contributed by atoms with Crippen molar-refractivity contribution in [3.05, 3.63) is 41.2 Å². The number of pyridine rings is 1. The molecule has 0 radical (unpaired) electrons. The van der Waals surface area contributed by atoms with E-state index in [0.29, 0.717) is 16.7 Å². The smallest absolute Gasteiger partial charge is 0.277 e. The van der Waals surface area contributed by atoms with E-state index in [9.17, 15) is 4.79 Å². The lowest BCUT2D eigenvalue weighted by molar-refractivity contribution is 0.102. The summed E-state index contributed by atoms with van der Waals surface area (Å²) in [5, 5.41) is 10.4. The summed E-state index contributed by atoms with van der Waals surface area (Å²) in [5.41, 5.74) is 2.47. The van der Waals surface area contributed by atoms with Gasteiger partial charge in [-0.1, -0.05) is 11.6 Å². The van der Waals surface area contributed by atoms with Crippen LogP contribution < -0.4 is 16.6 Å². The van der Waals surface area contributed by atoms with Crippen molar-refractivity contribution in [2.75, 3.05) is 10.7 Å². The molecule has 2 heterocycles. The first-order valence-electron chi connectivity index (χ1n) is 4.92. The summed E-state index contributed by atoms with van der Waals surface area (Å²) in [7, 11) is 0. The minimum atomic E-state index is -0.416. The zero-order valence-electron chi connectivity index (χ0n) is 9.09. The van der Waals surface area contributed by atoms with Gasteiger partial charge in [0.05, 0.1) is 5.02 Å². The number of carbonyl (C=O) groups is 1. The molecule has 92 valence electrons. The highest BCUT2D eigenvalue weighted by Gasteiger charge is 2.08. The Morgan fingerprint density at radius 2 is 1.94 bits per heavy atom. The Morgan fingerprint density at radius 1 is 1.17 bits per heavy atom. The van der Waals surface area contributed by atoms with E-state index in [0.717, 1.165) is 0 Å². The van der Waals surface area contributed by atoms with Gasteiger partial charge in [-0.2, -0.15) is 0 Å². The molecule has 2 aromatic heterocycles. The molecule has 4 N–H and O–H groups in total. The average Bonchev–Trinajstić information content (AvgIpc) is 2.41. The van der Waals surface area contributed by atoms with Crippen LogP contribution in [-0.2, 0) is 0 Å². The quantitative estimate of drug-likeness (QED) is 0.565. The maximum absolute atomic E-state index is 11.8. The molecule has 2 rings (SSSR count). The number of nitrogens with zero attached hydrogens (tertiary/aromatic N) is 3. The molecule has 0 aliphatic carbocycles. The van der Waals surface area contributed by atoms with Gasteiger partial charge in [-0.05, 0) is 24.3 Å². The first kappa shape index (κ1) is 12.2. The lowest BCUT2D eigenvalue weighted by atomic mass is 10.3. The van der Waals surface area contributed by atoms with Gasteiger partial charge < -0.3 is 10.7 Å². The van der Waals surface area contributed by atoms with Crippen LogP contribution in [0, 0.1) is 0 Å². The van der Waals surface area contributed by atoms with Gasteiger partial charge in [0.15, 0.2) is 11.5 Å². The second-order valence-electron chi connectivity index (χ2n) is 3.26.